The SMILES string of the molecule is CCOc1ccccc1C(=O)N1CC(Nc2cccnn2)C1. The first-order valence-electron chi connectivity index (χ1n) is 7.33. The molecule has 1 aliphatic rings. The molecule has 6 heteroatoms. The minimum absolute atomic E-state index is 0.00115. The van der Waals surface area contributed by atoms with Crippen LogP contribution >= 0.6 is 0 Å². The maximum absolute atomic E-state index is 12.5. The second-order valence-electron chi connectivity index (χ2n) is 5.09. The molecule has 2 aromatic rings. The lowest BCUT2D eigenvalue weighted by atomic mass is 10.1. The Balaban J connectivity index is 1.60. The number of anilines is 1. The molecule has 0 unspecified atom stereocenters. The average molecular weight is 298 g/mol. The average Bonchev–Trinajstić information content (AvgIpc) is 2.52. The predicted octanol–water partition coefficient (Wildman–Crippen LogP) is 1.81. The lowest BCUT2D eigenvalue weighted by molar-refractivity contribution is 0.0620. The first kappa shape index (κ1) is 14.3. The van der Waals surface area contributed by atoms with Gasteiger partial charge in [-0.15, -0.1) is 5.10 Å². The molecule has 3 rings (SSSR count). The summed E-state index contributed by atoms with van der Waals surface area (Å²) in [5.74, 6) is 1.37. The monoisotopic (exact) mass is 298 g/mol. The highest BCUT2D eigenvalue weighted by atomic mass is 16.5. The van der Waals surface area contributed by atoms with Gasteiger partial charge in [-0.1, -0.05) is 12.1 Å². The molecule has 1 aromatic heterocycles. The molecule has 0 radical (unpaired) electrons. The van der Waals surface area contributed by atoms with E-state index in [1.165, 1.54) is 0 Å². The second kappa shape index (κ2) is 6.43. The van der Waals surface area contributed by atoms with Crippen molar-refractivity contribution in [3.8, 4) is 5.75 Å². The van der Waals surface area contributed by atoms with Crippen LogP contribution in [0.25, 0.3) is 0 Å². The minimum atomic E-state index is 0.00115. The van der Waals surface area contributed by atoms with Crippen LogP contribution in [0.5, 0.6) is 5.75 Å². The van der Waals surface area contributed by atoms with Crippen molar-refractivity contribution in [3.05, 3.63) is 48.2 Å². The molecule has 22 heavy (non-hydrogen) atoms. The van der Waals surface area contributed by atoms with Crippen LogP contribution < -0.4 is 10.1 Å². The van der Waals surface area contributed by atoms with Gasteiger partial charge in [0.2, 0.25) is 0 Å². The van der Waals surface area contributed by atoms with Gasteiger partial charge < -0.3 is 15.0 Å². The van der Waals surface area contributed by atoms with Gasteiger partial charge >= 0.3 is 0 Å². The Morgan fingerprint density at radius 1 is 1.32 bits per heavy atom. The number of ether oxygens (including phenoxy) is 1. The van der Waals surface area contributed by atoms with E-state index < -0.39 is 0 Å². The van der Waals surface area contributed by atoms with Crippen molar-refractivity contribution in [3.63, 3.8) is 0 Å². The third-order valence-electron chi connectivity index (χ3n) is 3.51. The summed E-state index contributed by atoms with van der Waals surface area (Å²) in [6.45, 7) is 3.75. The van der Waals surface area contributed by atoms with E-state index in [0.717, 1.165) is 5.82 Å². The van der Waals surface area contributed by atoms with Crippen molar-refractivity contribution in [2.24, 2.45) is 0 Å². The Bertz CT molecular complexity index is 642. The summed E-state index contributed by atoms with van der Waals surface area (Å²) >= 11 is 0. The molecule has 0 aliphatic carbocycles. The van der Waals surface area contributed by atoms with Crippen LogP contribution in [0.15, 0.2) is 42.6 Å². The number of carbonyl (C=O) groups is 1. The Hall–Kier alpha value is -2.63. The van der Waals surface area contributed by atoms with Crippen molar-refractivity contribution in [2.75, 3.05) is 25.0 Å². The van der Waals surface area contributed by atoms with Gasteiger partial charge in [0.05, 0.1) is 18.2 Å². The fourth-order valence-corrected chi connectivity index (χ4v) is 2.42. The van der Waals surface area contributed by atoms with Gasteiger partial charge in [-0.05, 0) is 31.2 Å². The summed E-state index contributed by atoms with van der Waals surface area (Å²) in [6.07, 6.45) is 1.63. The van der Waals surface area contributed by atoms with Crippen LogP contribution in [-0.4, -0.2) is 46.7 Å². The molecule has 0 spiro atoms. The van der Waals surface area contributed by atoms with E-state index in [2.05, 4.69) is 15.5 Å². The Morgan fingerprint density at radius 3 is 2.86 bits per heavy atom. The summed E-state index contributed by atoms with van der Waals surface area (Å²) in [4.78, 5) is 14.3. The van der Waals surface area contributed by atoms with Crippen molar-refractivity contribution in [1.29, 1.82) is 0 Å². The molecule has 1 saturated heterocycles. The van der Waals surface area contributed by atoms with Gasteiger partial charge in [-0.25, -0.2) is 0 Å². The van der Waals surface area contributed by atoms with Gasteiger partial charge in [0.1, 0.15) is 11.6 Å². The number of carbonyl (C=O) groups excluding carboxylic acids is 1. The van der Waals surface area contributed by atoms with Crippen molar-refractivity contribution in [2.45, 2.75) is 13.0 Å². The van der Waals surface area contributed by atoms with E-state index in [-0.39, 0.29) is 11.9 Å². The van der Waals surface area contributed by atoms with E-state index in [1.807, 2.05) is 37.3 Å². The lowest BCUT2D eigenvalue weighted by Crippen LogP contribution is -2.57. The number of rotatable bonds is 5. The first-order valence-corrected chi connectivity index (χ1v) is 7.33. The van der Waals surface area contributed by atoms with Crippen LogP contribution in [0, 0.1) is 0 Å². The molecule has 6 nitrogen and oxygen atoms in total. The highest BCUT2D eigenvalue weighted by Crippen LogP contribution is 2.23. The number of nitrogens with one attached hydrogen (secondary N) is 1. The topological polar surface area (TPSA) is 67.3 Å². The Labute approximate surface area is 129 Å². The zero-order chi connectivity index (χ0) is 15.4. The lowest BCUT2D eigenvalue weighted by Gasteiger charge is -2.39. The van der Waals surface area contributed by atoms with E-state index in [1.54, 1.807) is 17.2 Å². The largest absolute Gasteiger partial charge is 0.493 e. The number of benzene rings is 1. The highest BCUT2D eigenvalue weighted by Gasteiger charge is 2.32. The van der Waals surface area contributed by atoms with Gasteiger partial charge in [0.15, 0.2) is 0 Å². The fraction of sp³-hybridized carbons (Fsp3) is 0.312. The van der Waals surface area contributed by atoms with Crippen LogP contribution in [0.4, 0.5) is 5.82 Å². The summed E-state index contributed by atoms with van der Waals surface area (Å²) in [5, 5.41) is 11.1. The van der Waals surface area contributed by atoms with Crippen molar-refractivity contribution in [1.82, 2.24) is 15.1 Å². The van der Waals surface area contributed by atoms with Crippen LogP contribution in [0.1, 0.15) is 17.3 Å². The number of aromatic nitrogens is 2. The number of likely N-dealkylation sites (tertiary alicyclic amines) is 1. The zero-order valence-electron chi connectivity index (χ0n) is 12.4. The first-order chi connectivity index (χ1) is 10.8. The van der Waals surface area contributed by atoms with Crippen LogP contribution in [0.2, 0.25) is 0 Å². The molecule has 1 N–H and O–H groups in total. The van der Waals surface area contributed by atoms with E-state index in [4.69, 9.17) is 4.74 Å². The summed E-state index contributed by atoms with van der Waals surface area (Å²) in [7, 11) is 0. The van der Waals surface area contributed by atoms with Gasteiger partial charge in [-0.3, -0.25) is 4.79 Å². The zero-order valence-corrected chi connectivity index (χ0v) is 12.4. The van der Waals surface area contributed by atoms with Crippen molar-refractivity contribution >= 4 is 11.7 Å². The molecular weight excluding hydrogens is 280 g/mol. The molecule has 0 atom stereocenters. The molecule has 2 heterocycles. The second-order valence-corrected chi connectivity index (χ2v) is 5.09. The standard InChI is InChI=1S/C16H18N4O2/c1-2-22-14-7-4-3-6-13(14)16(21)20-10-12(11-20)18-15-8-5-9-17-19-15/h3-9,12H,2,10-11H2,1H3,(H,18,19). The predicted molar refractivity (Wildman–Crippen MR) is 83.0 cm³/mol. The molecule has 114 valence electrons. The maximum atomic E-state index is 12.5. The van der Waals surface area contributed by atoms with Gasteiger partial charge in [0.25, 0.3) is 5.91 Å². The van der Waals surface area contributed by atoms with Crippen LogP contribution in [-0.2, 0) is 0 Å². The van der Waals surface area contributed by atoms with Gasteiger partial charge in [-0.2, -0.15) is 5.10 Å². The Morgan fingerprint density at radius 2 is 2.14 bits per heavy atom. The number of hydrogen-bond acceptors (Lipinski definition) is 5. The van der Waals surface area contributed by atoms with Crippen molar-refractivity contribution < 1.29 is 9.53 Å². The summed E-state index contributed by atoms with van der Waals surface area (Å²) in [6, 6.07) is 11.3. The molecule has 1 aromatic carbocycles. The van der Waals surface area contributed by atoms with E-state index in [9.17, 15) is 4.79 Å². The van der Waals surface area contributed by atoms with Crippen LogP contribution in [0.3, 0.4) is 0 Å². The molecule has 1 amide bonds. The molecule has 0 saturated carbocycles. The summed E-state index contributed by atoms with van der Waals surface area (Å²) < 4.78 is 5.52. The van der Waals surface area contributed by atoms with E-state index in [0.29, 0.717) is 31.0 Å². The fourth-order valence-electron chi connectivity index (χ4n) is 2.42. The Kier molecular flexibility index (Phi) is 4.18. The normalized spacial score (nSPS) is 14.3. The maximum Gasteiger partial charge on any atom is 0.257 e. The molecule has 1 fully saturated rings. The van der Waals surface area contributed by atoms with E-state index >= 15 is 0 Å². The number of amides is 1. The number of hydrogen-bond donors (Lipinski definition) is 1. The summed E-state index contributed by atoms with van der Waals surface area (Å²) in [5.41, 5.74) is 0.613. The highest BCUT2D eigenvalue weighted by molar-refractivity contribution is 5.97. The molecule has 0 bridgehead atoms. The minimum Gasteiger partial charge on any atom is -0.493 e. The third kappa shape index (κ3) is 3.00. The molecule has 1 aliphatic heterocycles. The smallest absolute Gasteiger partial charge is 0.257 e. The third-order valence-corrected chi connectivity index (χ3v) is 3.51. The number of para-hydroxylation sites is 1. The molecular formula is C16H18N4O2. The quantitative estimate of drug-likeness (QED) is 0.912. The van der Waals surface area contributed by atoms with Gasteiger partial charge in [0, 0.05) is 19.3 Å². The number of nitrogens with zero attached hydrogens (tertiary/aromatic N) is 3.